The number of hydrogen-bond acceptors (Lipinski definition) is 2. The fraction of sp³-hybridized carbons (Fsp3) is 0.647. The van der Waals surface area contributed by atoms with E-state index < -0.39 is 0 Å². The van der Waals surface area contributed by atoms with Crippen LogP contribution in [-0.4, -0.2) is 24.0 Å². The highest BCUT2D eigenvalue weighted by Gasteiger charge is 2.27. The molecular weight excluding hydrogens is 232 g/mol. The van der Waals surface area contributed by atoms with E-state index in [1.54, 1.807) is 0 Å². The van der Waals surface area contributed by atoms with Crippen molar-refractivity contribution in [2.24, 2.45) is 11.7 Å². The topological polar surface area (TPSA) is 29.3 Å². The summed E-state index contributed by atoms with van der Waals surface area (Å²) in [7, 11) is 0. The molecule has 0 radical (unpaired) electrons. The van der Waals surface area contributed by atoms with Crippen molar-refractivity contribution in [3.63, 3.8) is 0 Å². The number of benzene rings is 1. The second-order valence-corrected chi connectivity index (χ2v) is 6.11. The van der Waals surface area contributed by atoms with Crippen LogP contribution in [0.2, 0.25) is 0 Å². The van der Waals surface area contributed by atoms with E-state index in [-0.39, 0.29) is 6.04 Å². The normalized spacial score (nSPS) is 21.3. The molecule has 0 aromatic heterocycles. The van der Waals surface area contributed by atoms with Gasteiger partial charge < -0.3 is 5.73 Å². The Morgan fingerprint density at radius 1 is 1.32 bits per heavy atom. The molecule has 1 aromatic rings. The molecule has 0 spiro atoms. The van der Waals surface area contributed by atoms with Crippen LogP contribution in [0.15, 0.2) is 24.3 Å². The van der Waals surface area contributed by atoms with E-state index in [0.29, 0.717) is 6.04 Å². The smallest absolute Gasteiger partial charge is 0.0496 e. The van der Waals surface area contributed by atoms with Crippen LogP contribution in [0.1, 0.15) is 50.3 Å². The highest BCUT2D eigenvalue weighted by atomic mass is 15.2. The maximum Gasteiger partial charge on any atom is 0.0496 e. The highest BCUT2D eigenvalue weighted by Crippen LogP contribution is 2.30. The molecule has 2 unspecified atom stereocenters. The van der Waals surface area contributed by atoms with Crippen LogP contribution in [-0.2, 0) is 0 Å². The fourth-order valence-corrected chi connectivity index (χ4v) is 3.34. The molecule has 1 aromatic carbocycles. The van der Waals surface area contributed by atoms with E-state index in [4.69, 9.17) is 5.73 Å². The molecule has 0 bridgehead atoms. The molecule has 1 aliphatic rings. The first kappa shape index (κ1) is 14.5. The number of likely N-dealkylation sites (tertiary alicyclic amines) is 1. The molecule has 2 atom stereocenters. The molecule has 19 heavy (non-hydrogen) atoms. The maximum absolute atomic E-state index is 6.28. The van der Waals surface area contributed by atoms with Crippen LogP contribution in [0, 0.1) is 12.8 Å². The van der Waals surface area contributed by atoms with Gasteiger partial charge in [0.15, 0.2) is 0 Å². The molecule has 1 heterocycles. The minimum atomic E-state index is 0.181. The maximum atomic E-state index is 6.28. The van der Waals surface area contributed by atoms with Gasteiger partial charge in [0.2, 0.25) is 0 Å². The number of piperidine rings is 1. The first-order valence-electron chi connectivity index (χ1n) is 7.68. The fourth-order valence-electron chi connectivity index (χ4n) is 3.34. The van der Waals surface area contributed by atoms with Crippen LogP contribution in [0.4, 0.5) is 0 Å². The van der Waals surface area contributed by atoms with Gasteiger partial charge in [-0.1, -0.05) is 43.2 Å². The summed E-state index contributed by atoms with van der Waals surface area (Å²) in [6.07, 6.45) is 3.97. The SMILES string of the molecule is CCC1CCN(C(c2cccc(C)c2)C(C)N)CC1. The van der Waals surface area contributed by atoms with Crippen molar-refractivity contribution in [1.82, 2.24) is 4.90 Å². The number of nitrogens with two attached hydrogens (primary N) is 1. The Morgan fingerprint density at radius 3 is 2.53 bits per heavy atom. The molecule has 0 aliphatic carbocycles. The predicted molar refractivity (Wildman–Crippen MR) is 82.2 cm³/mol. The second-order valence-electron chi connectivity index (χ2n) is 6.11. The van der Waals surface area contributed by atoms with E-state index >= 15 is 0 Å². The van der Waals surface area contributed by atoms with Crippen LogP contribution in [0.3, 0.4) is 0 Å². The molecule has 1 saturated heterocycles. The zero-order chi connectivity index (χ0) is 13.8. The first-order valence-corrected chi connectivity index (χ1v) is 7.68. The van der Waals surface area contributed by atoms with Gasteiger partial charge in [0.05, 0.1) is 0 Å². The summed E-state index contributed by atoms with van der Waals surface area (Å²) in [4.78, 5) is 2.59. The van der Waals surface area contributed by atoms with Gasteiger partial charge in [-0.3, -0.25) is 4.90 Å². The average molecular weight is 260 g/mol. The van der Waals surface area contributed by atoms with E-state index in [9.17, 15) is 0 Å². The van der Waals surface area contributed by atoms with Crippen molar-refractivity contribution in [2.45, 2.75) is 52.1 Å². The Labute approximate surface area is 118 Å². The summed E-state index contributed by atoms with van der Waals surface area (Å²) in [5.41, 5.74) is 8.98. The Kier molecular flexibility index (Phi) is 5.00. The monoisotopic (exact) mass is 260 g/mol. The summed E-state index contributed by atoms with van der Waals surface area (Å²) in [6.45, 7) is 8.99. The zero-order valence-electron chi connectivity index (χ0n) is 12.6. The van der Waals surface area contributed by atoms with Crippen LogP contribution in [0.5, 0.6) is 0 Å². The molecule has 2 nitrogen and oxygen atoms in total. The second kappa shape index (κ2) is 6.53. The molecule has 1 aliphatic heterocycles. The third-order valence-electron chi connectivity index (χ3n) is 4.50. The summed E-state index contributed by atoms with van der Waals surface area (Å²) in [5.74, 6) is 0.919. The first-order chi connectivity index (χ1) is 9.11. The van der Waals surface area contributed by atoms with E-state index in [1.165, 1.54) is 43.5 Å². The third kappa shape index (κ3) is 3.58. The lowest BCUT2D eigenvalue weighted by Gasteiger charge is -2.39. The highest BCUT2D eigenvalue weighted by molar-refractivity contribution is 5.26. The summed E-state index contributed by atoms with van der Waals surface area (Å²) < 4.78 is 0. The van der Waals surface area contributed by atoms with Gasteiger partial charge in [-0.15, -0.1) is 0 Å². The predicted octanol–water partition coefficient (Wildman–Crippen LogP) is 3.51. The molecular formula is C17H28N2. The lowest BCUT2D eigenvalue weighted by molar-refractivity contribution is 0.117. The Morgan fingerprint density at radius 2 is 2.00 bits per heavy atom. The van der Waals surface area contributed by atoms with Crippen molar-refractivity contribution in [3.05, 3.63) is 35.4 Å². The van der Waals surface area contributed by atoms with Gasteiger partial charge >= 0.3 is 0 Å². The number of aryl methyl sites for hydroxylation is 1. The van der Waals surface area contributed by atoms with E-state index in [1.807, 2.05) is 0 Å². The molecule has 0 amide bonds. The standard InChI is InChI=1S/C17H28N2/c1-4-15-8-10-19(11-9-15)17(14(3)18)16-7-5-6-13(2)12-16/h5-7,12,14-15,17H,4,8-11,18H2,1-3H3. The van der Waals surface area contributed by atoms with Crippen LogP contribution < -0.4 is 5.73 Å². The molecule has 2 heteroatoms. The van der Waals surface area contributed by atoms with Gasteiger partial charge in [-0.05, 0) is 51.3 Å². The van der Waals surface area contributed by atoms with Crippen LogP contribution >= 0.6 is 0 Å². The lowest BCUT2D eigenvalue weighted by atomic mass is 9.90. The van der Waals surface area contributed by atoms with Crippen LogP contribution in [0.25, 0.3) is 0 Å². The molecule has 2 rings (SSSR count). The largest absolute Gasteiger partial charge is 0.326 e. The van der Waals surface area contributed by atoms with E-state index in [2.05, 4.69) is 49.9 Å². The molecule has 0 saturated carbocycles. The minimum absolute atomic E-state index is 0.181. The van der Waals surface area contributed by atoms with Crippen molar-refractivity contribution < 1.29 is 0 Å². The van der Waals surface area contributed by atoms with Gasteiger partial charge in [-0.25, -0.2) is 0 Å². The van der Waals surface area contributed by atoms with E-state index in [0.717, 1.165) is 5.92 Å². The minimum Gasteiger partial charge on any atom is -0.326 e. The van der Waals surface area contributed by atoms with Gasteiger partial charge in [0.1, 0.15) is 0 Å². The third-order valence-corrected chi connectivity index (χ3v) is 4.50. The van der Waals surface area contributed by atoms with Crippen molar-refractivity contribution in [3.8, 4) is 0 Å². The van der Waals surface area contributed by atoms with Crippen molar-refractivity contribution in [2.75, 3.05) is 13.1 Å². The number of nitrogens with zero attached hydrogens (tertiary/aromatic N) is 1. The Balaban J connectivity index is 2.13. The zero-order valence-corrected chi connectivity index (χ0v) is 12.6. The lowest BCUT2D eigenvalue weighted by Crippen LogP contribution is -2.43. The Bertz CT molecular complexity index is 392. The van der Waals surface area contributed by atoms with Crippen molar-refractivity contribution in [1.29, 1.82) is 0 Å². The molecule has 1 fully saturated rings. The molecule has 2 N–H and O–H groups in total. The summed E-state index contributed by atoms with van der Waals surface area (Å²) >= 11 is 0. The van der Waals surface area contributed by atoms with Gasteiger partial charge in [-0.2, -0.15) is 0 Å². The average Bonchev–Trinajstić information content (AvgIpc) is 2.39. The Hall–Kier alpha value is -0.860. The summed E-state index contributed by atoms with van der Waals surface area (Å²) in [6, 6.07) is 9.38. The number of rotatable bonds is 4. The van der Waals surface area contributed by atoms with Gasteiger partial charge in [0, 0.05) is 12.1 Å². The summed E-state index contributed by atoms with van der Waals surface area (Å²) in [5, 5.41) is 0. The van der Waals surface area contributed by atoms with Gasteiger partial charge in [0.25, 0.3) is 0 Å². The molecule has 106 valence electrons. The quantitative estimate of drug-likeness (QED) is 0.897. The van der Waals surface area contributed by atoms with Crippen molar-refractivity contribution >= 4 is 0 Å². The number of hydrogen-bond donors (Lipinski definition) is 1.